The van der Waals surface area contributed by atoms with Crippen molar-refractivity contribution in [3.63, 3.8) is 0 Å². The van der Waals surface area contributed by atoms with Crippen LogP contribution in [0, 0.1) is 0 Å². The average Bonchev–Trinajstić information content (AvgIpc) is 2.20. The van der Waals surface area contributed by atoms with E-state index >= 15 is 0 Å². The standard InChI is InChI=1S/C9H10O3.C2H6O/c1-2-12-9(11)7-3-5-8(10)6-4-7;1-2-3/h3-6,10H,2H2,1H3;3H,2H2,1H3. The van der Waals surface area contributed by atoms with Crippen LogP contribution in [0.15, 0.2) is 24.3 Å². The Balaban J connectivity index is 0.000000583. The predicted molar refractivity (Wildman–Crippen MR) is 56.8 cm³/mol. The number of carbonyl (C=O) groups is 1. The van der Waals surface area contributed by atoms with Crippen LogP contribution in [0.25, 0.3) is 0 Å². The number of benzene rings is 1. The Morgan fingerprint density at radius 1 is 1.27 bits per heavy atom. The Morgan fingerprint density at radius 2 is 1.73 bits per heavy atom. The van der Waals surface area contributed by atoms with Gasteiger partial charge in [0.1, 0.15) is 5.75 Å². The van der Waals surface area contributed by atoms with Crippen molar-refractivity contribution in [1.82, 2.24) is 0 Å². The zero-order chi connectivity index (χ0) is 11.7. The quantitative estimate of drug-likeness (QED) is 0.730. The lowest BCUT2D eigenvalue weighted by molar-refractivity contribution is 0.0526. The number of phenols is 1. The molecule has 0 unspecified atom stereocenters. The van der Waals surface area contributed by atoms with Crippen LogP contribution in [0.4, 0.5) is 0 Å². The van der Waals surface area contributed by atoms with E-state index in [9.17, 15) is 4.79 Å². The molecule has 0 bridgehead atoms. The molecule has 0 heterocycles. The second kappa shape index (κ2) is 7.82. The van der Waals surface area contributed by atoms with Gasteiger partial charge >= 0.3 is 5.97 Å². The lowest BCUT2D eigenvalue weighted by Gasteiger charge is -2.00. The highest BCUT2D eigenvalue weighted by Gasteiger charge is 2.04. The fourth-order valence-electron chi connectivity index (χ4n) is 0.812. The molecule has 4 heteroatoms. The molecule has 0 aliphatic rings. The molecule has 1 aromatic rings. The van der Waals surface area contributed by atoms with Gasteiger partial charge in [0.25, 0.3) is 0 Å². The molecule has 1 rings (SSSR count). The molecule has 0 amide bonds. The van der Waals surface area contributed by atoms with Crippen LogP contribution < -0.4 is 0 Å². The van der Waals surface area contributed by atoms with E-state index in [4.69, 9.17) is 14.9 Å². The van der Waals surface area contributed by atoms with Gasteiger partial charge in [-0.25, -0.2) is 4.79 Å². The fourth-order valence-corrected chi connectivity index (χ4v) is 0.812. The van der Waals surface area contributed by atoms with Crippen LogP contribution in [-0.2, 0) is 4.74 Å². The topological polar surface area (TPSA) is 66.8 Å². The number of carbonyl (C=O) groups excluding carboxylic acids is 1. The molecular formula is C11H16O4. The first-order chi connectivity index (χ1) is 7.15. The average molecular weight is 212 g/mol. The Bertz CT molecular complexity index is 279. The van der Waals surface area contributed by atoms with Crippen molar-refractivity contribution >= 4 is 5.97 Å². The van der Waals surface area contributed by atoms with E-state index < -0.39 is 0 Å². The maximum absolute atomic E-state index is 11.1. The van der Waals surface area contributed by atoms with E-state index in [0.717, 1.165) is 0 Å². The zero-order valence-electron chi connectivity index (χ0n) is 8.93. The summed E-state index contributed by atoms with van der Waals surface area (Å²) in [6, 6.07) is 5.94. The minimum absolute atomic E-state index is 0.142. The first-order valence-corrected chi connectivity index (χ1v) is 4.72. The molecule has 0 atom stereocenters. The molecule has 0 aliphatic carbocycles. The highest BCUT2D eigenvalue weighted by atomic mass is 16.5. The van der Waals surface area contributed by atoms with Gasteiger partial charge in [0.2, 0.25) is 0 Å². The van der Waals surface area contributed by atoms with E-state index in [1.54, 1.807) is 13.8 Å². The number of rotatable bonds is 2. The first kappa shape index (κ1) is 13.4. The maximum Gasteiger partial charge on any atom is 0.338 e. The number of phenolic OH excluding ortho intramolecular Hbond substituents is 1. The van der Waals surface area contributed by atoms with E-state index in [0.29, 0.717) is 12.2 Å². The van der Waals surface area contributed by atoms with Gasteiger partial charge in [-0.3, -0.25) is 0 Å². The molecule has 0 spiro atoms. The van der Waals surface area contributed by atoms with Crippen molar-refractivity contribution in [3.8, 4) is 5.75 Å². The molecule has 0 saturated carbocycles. The summed E-state index contributed by atoms with van der Waals surface area (Å²) in [6.45, 7) is 4.04. The molecule has 15 heavy (non-hydrogen) atoms. The molecule has 0 radical (unpaired) electrons. The van der Waals surface area contributed by atoms with Gasteiger partial charge in [0, 0.05) is 6.61 Å². The van der Waals surface area contributed by atoms with E-state index in [1.165, 1.54) is 24.3 Å². The number of aliphatic hydroxyl groups excluding tert-OH is 1. The third-order valence-electron chi connectivity index (χ3n) is 1.38. The minimum Gasteiger partial charge on any atom is -0.508 e. The summed E-state index contributed by atoms with van der Waals surface area (Å²) >= 11 is 0. The number of esters is 1. The number of aliphatic hydroxyl groups is 1. The van der Waals surface area contributed by atoms with Gasteiger partial charge in [0.15, 0.2) is 0 Å². The summed E-state index contributed by atoms with van der Waals surface area (Å²) in [4.78, 5) is 11.1. The van der Waals surface area contributed by atoms with Crippen molar-refractivity contribution < 1.29 is 19.7 Å². The molecule has 0 aromatic heterocycles. The highest BCUT2D eigenvalue weighted by Crippen LogP contribution is 2.10. The highest BCUT2D eigenvalue weighted by molar-refractivity contribution is 5.89. The summed E-state index contributed by atoms with van der Waals surface area (Å²) < 4.78 is 4.75. The maximum atomic E-state index is 11.1. The number of aromatic hydroxyl groups is 1. The molecule has 0 aliphatic heterocycles. The summed E-state index contributed by atoms with van der Waals surface area (Å²) in [6.07, 6.45) is 0. The predicted octanol–water partition coefficient (Wildman–Crippen LogP) is 1.57. The van der Waals surface area contributed by atoms with E-state index in [1.807, 2.05) is 0 Å². The van der Waals surface area contributed by atoms with Crippen LogP contribution in [0.2, 0.25) is 0 Å². The Labute approximate surface area is 89.1 Å². The largest absolute Gasteiger partial charge is 0.508 e. The van der Waals surface area contributed by atoms with Crippen LogP contribution in [0.3, 0.4) is 0 Å². The molecular weight excluding hydrogens is 196 g/mol. The van der Waals surface area contributed by atoms with Gasteiger partial charge in [0.05, 0.1) is 12.2 Å². The monoisotopic (exact) mass is 212 g/mol. The molecule has 4 nitrogen and oxygen atoms in total. The minimum atomic E-state index is -0.363. The second-order valence-electron chi connectivity index (χ2n) is 2.58. The fraction of sp³-hybridized carbons (Fsp3) is 0.364. The molecule has 2 N–H and O–H groups in total. The summed E-state index contributed by atoms with van der Waals surface area (Å²) in [5.74, 6) is -0.222. The van der Waals surface area contributed by atoms with E-state index in [-0.39, 0.29) is 18.3 Å². The van der Waals surface area contributed by atoms with Gasteiger partial charge < -0.3 is 14.9 Å². The SMILES string of the molecule is CCO.CCOC(=O)c1ccc(O)cc1. The smallest absolute Gasteiger partial charge is 0.338 e. The van der Waals surface area contributed by atoms with Crippen molar-refractivity contribution in [3.05, 3.63) is 29.8 Å². The summed E-state index contributed by atoms with van der Waals surface area (Å²) in [7, 11) is 0. The van der Waals surface area contributed by atoms with Crippen molar-refractivity contribution in [1.29, 1.82) is 0 Å². The van der Waals surface area contributed by atoms with Gasteiger partial charge in [-0.1, -0.05) is 0 Å². The Kier molecular flexibility index (Phi) is 7.01. The molecule has 0 saturated heterocycles. The first-order valence-electron chi connectivity index (χ1n) is 4.72. The number of ether oxygens (including phenoxy) is 1. The van der Waals surface area contributed by atoms with E-state index in [2.05, 4.69) is 0 Å². The van der Waals surface area contributed by atoms with Crippen LogP contribution in [0.5, 0.6) is 5.75 Å². The Morgan fingerprint density at radius 3 is 2.13 bits per heavy atom. The molecule has 1 aromatic carbocycles. The Hall–Kier alpha value is -1.55. The van der Waals surface area contributed by atoms with Gasteiger partial charge in [-0.05, 0) is 38.1 Å². The second-order valence-corrected chi connectivity index (χ2v) is 2.58. The lowest BCUT2D eigenvalue weighted by atomic mass is 10.2. The third kappa shape index (κ3) is 5.70. The number of hydrogen-bond acceptors (Lipinski definition) is 4. The number of hydrogen-bond donors (Lipinski definition) is 2. The van der Waals surface area contributed by atoms with Crippen LogP contribution >= 0.6 is 0 Å². The van der Waals surface area contributed by atoms with Crippen molar-refractivity contribution in [2.45, 2.75) is 13.8 Å². The summed E-state index contributed by atoms with van der Waals surface area (Å²) in [5.41, 5.74) is 0.453. The van der Waals surface area contributed by atoms with Gasteiger partial charge in [-0.2, -0.15) is 0 Å². The molecule has 84 valence electrons. The zero-order valence-corrected chi connectivity index (χ0v) is 8.93. The normalized spacial score (nSPS) is 8.73. The van der Waals surface area contributed by atoms with Crippen molar-refractivity contribution in [2.75, 3.05) is 13.2 Å². The van der Waals surface area contributed by atoms with Crippen LogP contribution in [0.1, 0.15) is 24.2 Å². The van der Waals surface area contributed by atoms with Crippen LogP contribution in [-0.4, -0.2) is 29.4 Å². The molecule has 0 fully saturated rings. The van der Waals surface area contributed by atoms with Crippen molar-refractivity contribution in [2.24, 2.45) is 0 Å². The van der Waals surface area contributed by atoms with Gasteiger partial charge in [-0.15, -0.1) is 0 Å². The summed E-state index contributed by atoms with van der Waals surface area (Å²) in [5, 5.41) is 16.5. The lowest BCUT2D eigenvalue weighted by Crippen LogP contribution is -2.03. The third-order valence-corrected chi connectivity index (χ3v) is 1.38.